The monoisotopic (exact) mass is 437 g/mol. The van der Waals surface area contributed by atoms with Crippen molar-refractivity contribution in [1.29, 1.82) is 0 Å². The number of alkyl halides is 3. The Balaban J connectivity index is 1.85. The highest BCUT2D eigenvalue weighted by molar-refractivity contribution is 9.10. The molecule has 0 saturated carbocycles. The number of hydrogen-bond donors (Lipinski definition) is 1. The van der Waals surface area contributed by atoms with E-state index in [1.165, 1.54) is 6.07 Å². The van der Waals surface area contributed by atoms with E-state index < -0.39 is 12.8 Å². The third-order valence-electron chi connectivity index (χ3n) is 4.39. The van der Waals surface area contributed by atoms with Gasteiger partial charge in [0.05, 0.1) is 0 Å². The molecule has 3 rings (SSSR count). The normalized spacial score (nSPS) is 12.9. The fourth-order valence-corrected chi connectivity index (χ4v) is 3.52. The lowest BCUT2D eigenvalue weighted by molar-refractivity contribution is -0.153. The number of halogens is 4. The van der Waals surface area contributed by atoms with Crippen molar-refractivity contribution < 1.29 is 17.9 Å². The van der Waals surface area contributed by atoms with Crippen molar-refractivity contribution in [2.24, 2.45) is 5.73 Å². The topological polar surface area (TPSA) is 35.2 Å². The summed E-state index contributed by atoms with van der Waals surface area (Å²) in [6.45, 7) is -0.868. The van der Waals surface area contributed by atoms with Crippen LogP contribution < -0.4 is 10.5 Å². The Kier molecular flexibility index (Phi) is 6.07. The Morgan fingerprint density at radius 3 is 2.52 bits per heavy atom. The number of fused-ring (bicyclic) bond motifs is 1. The maximum Gasteiger partial charge on any atom is 0.422 e. The van der Waals surface area contributed by atoms with Gasteiger partial charge in [-0.15, -0.1) is 0 Å². The molecule has 1 atom stereocenters. The van der Waals surface area contributed by atoms with Crippen molar-refractivity contribution in [2.75, 3.05) is 13.2 Å². The highest BCUT2D eigenvalue weighted by Gasteiger charge is 2.28. The molecule has 0 aliphatic rings. The molecule has 0 amide bonds. The standard InChI is InChI=1S/C21H19BrF3NO/c22-17-8-7-15-4-2-6-19(20(15)11-17)16(12-26)9-14-3-1-5-18(10-14)27-13-21(23,24)25/h1-8,10-11,16H,9,12-13,26H2. The molecule has 27 heavy (non-hydrogen) atoms. The first-order valence-electron chi connectivity index (χ1n) is 8.52. The van der Waals surface area contributed by atoms with Crippen LogP contribution in [-0.2, 0) is 6.42 Å². The van der Waals surface area contributed by atoms with Gasteiger partial charge in [-0.25, -0.2) is 0 Å². The minimum absolute atomic E-state index is 0.0425. The fraction of sp³-hybridized carbons (Fsp3) is 0.238. The largest absolute Gasteiger partial charge is 0.484 e. The van der Waals surface area contributed by atoms with E-state index in [0.717, 1.165) is 26.4 Å². The van der Waals surface area contributed by atoms with E-state index in [4.69, 9.17) is 10.5 Å². The van der Waals surface area contributed by atoms with Crippen LogP contribution >= 0.6 is 15.9 Å². The van der Waals surface area contributed by atoms with Crippen LogP contribution in [0.25, 0.3) is 10.8 Å². The van der Waals surface area contributed by atoms with Gasteiger partial charge in [-0.3, -0.25) is 0 Å². The van der Waals surface area contributed by atoms with Crippen molar-refractivity contribution in [3.05, 3.63) is 76.3 Å². The fourth-order valence-electron chi connectivity index (χ4n) is 3.16. The predicted molar refractivity (Wildman–Crippen MR) is 105 cm³/mol. The maximum absolute atomic E-state index is 12.4. The predicted octanol–water partition coefficient (Wildman–Crippen LogP) is 5.83. The second-order valence-corrected chi connectivity index (χ2v) is 7.32. The number of ether oxygens (including phenoxy) is 1. The Morgan fingerprint density at radius 2 is 1.78 bits per heavy atom. The third kappa shape index (κ3) is 5.23. The summed E-state index contributed by atoms with van der Waals surface area (Å²) < 4.78 is 42.9. The molecule has 1 unspecified atom stereocenters. The zero-order chi connectivity index (χ0) is 19.4. The van der Waals surface area contributed by atoms with Gasteiger partial charge >= 0.3 is 6.18 Å². The molecule has 0 heterocycles. The molecule has 0 aliphatic heterocycles. The Hall–Kier alpha value is -2.05. The van der Waals surface area contributed by atoms with Crippen LogP contribution in [0, 0.1) is 0 Å². The van der Waals surface area contributed by atoms with Crippen LogP contribution in [0.2, 0.25) is 0 Å². The summed E-state index contributed by atoms with van der Waals surface area (Å²) in [6, 6.07) is 19.0. The Labute approximate surface area is 164 Å². The zero-order valence-corrected chi connectivity index (χ0v) is 16.1. The van der Waals surface area contributed by atoms with E-state index in [9.17, 15) is 13.2 Å². The van der Waals surface area contributed by atoms with Crippen LogP contribution in [0.3, 0.4) is 0 Å². The first-order valence-corrected chi connectivity index (χ1v) is 9.32. The molecule has 2 nitrogen and oxygen atoms in total. The summed E-state index contributed by atoms with van der Waals surface area (Å²) in [5.74, 6) is 0.252. The van der Waals surface area contributed by atoms with E-state index in [1.54, 1.807) is 12.1 Å². The third-order valence-corrected chi connectivity index (χ3v) is 4.88. The minimum atomic E-state index is -4.36. The highest BCUT2D eigenvalue weighted by atomic mass is 79.9. The lowest BCUT2D eigenvalue weighted by Crippen LogP contribution is -2.19. The van der Waals surface area contributed by atoms with Gasteiger partial charge in [0.2, 0.25) is 0 Å². The van der Waals surface area contributed by atoms with Gasteiger partial charge < -0.3 is 10.5 Å². The minimum Gasteiger partial charge on any atom is -0.484 e. The lowest BCUT2D eigenvalue weighted by Gasteiger charge is -2.18. The molecule has 0 spiro atoms. The molecule has 2 N–H and O–H groups in total. The van der Waals surface area contributed by atoms with Gasteiger partial charge in [-0.05, 0) is 59.1 Å². The molecule has 3 aromatic rings. The first-order chi connectivity index (χ1) is 12.9. The average Bonchev–Trinajstić information content (AvgIpc) is 2.64. The smallest absolute Gasteiger partial charge is 0.422 e. The Morgan fingerprint density at radius 1 is 1.00 bits per heavy atom. The van der Waals surface area contributed by atoms with Crippen molar-refractivity contribution in [2.45, 2.75) is 18.5 Å². The SMILES string of the molecule is NCC(Cc1cccc(OCC(F)(F)F)c1)c1cccc2ccc(Br)cc12. The van der Waals surface area contributed by atoms with E-state index in [2.05, 4.69) is 28.1 Å². The summed E-state index contributed by atoms with van der Waals surface area (Å²) in [5.41, 5.74) is 8.05. The van der Waals surface area contributed by atoms with Gasteiger partial charge in [0, 0.05) is 10.4 Å². The molecule has 0 fully saturated rings. The lowest BCUT2D eigenvalue weighted by atomic mass is 9.88. The molecule has 6 heteroatoms. The number of hydrogen-bond acceptors (Lipinski definition) is 2. The molecular formula is C21H19BrF3NO. The number of benzene rings is 3. The second kappa shape index (κ2) is 8.31. The highest BCUT2D eigenvalue weighted by Crippen LogP contribution is 2.30. The van der Waals surface area contributed by atoms with Gasteiger partial charge in [0.15, 0.2) is 6.61 Å². The summed E-state index contributed by atoms with van der Waals surface area (Å²) in [4.78, 5) is 0. The summed E-state index contributed by atoms with van der Waals surface area (Å²) in [7, 11) is 0. The van der Waals surface area contributed by atoms with Crippen LogP contribution in [0.1, 0.15) is 17.0 Å². The summed E-state index contributed by atoms with van der Waals surface area (Å²) >= 11 is 3.51. The quantitative estimate of drug-likeness (QED) is 0.526. The molecule has 0 saturated heterocycles. The van der Waals surface area contributed by atoms with Crippen molar-refractivity contribution in [1.82, 2.24) is 0 Å². The second-order valence-electron chi connectivity index (χ2n) is 6.40. The van der Waals surface area contributed by atoms with Crippen molar-refractivity contribution in [3.63, 3.8) is 0 Å². The molecule has 3 aromatic carbocycles. The van der Waals surface area contributed by atoms with Gasteiger partial charge in [0.1, 0.15) is 5.75 Å². The summed E-state index contributed by atoms with van der Waals surface area (Å²) in [6.07, 6.45) is -3.74. The molecular weight excluding hydrogens is 419 g/mol. The van der Waals surface area contributed by atoms with Gasteiger partial charge in [0.25, 0.3) is 0 Å². The van der Waals surface area contributed by atoms with Crippen LogP contribution in [0.5, 0.6) is 5.75 Å². The van der Waals surface area contributed by atoms with Gasteiger partial charge in [-0.2, -0.15) is 13.2 Å². The van der Waals surface area contributed by atoms with Crippen LogP contribution in [0.4, 0.5) is 13.2 Å². The molecule has 142 valence electrons. The van der Waals surface area contributed by atoms with Crippen LogP contribution in [0.15, 0.2) is 65.1 Å². The maximum atomic E-state index is 12.4. The van der Waals surface area contributed by atoms with E-state index in [0.29, 0.717) is 13.0 Å². The summed E-state index contributed by atoms with van der Waals surface area (Å²) in [5, 5.41) is 2.24. The molecule has 0 radical (unpaired) electrons. The Bertz CT molecular complexity index is 927. The van der Waals surface area contributed by atoms with Gasteiger partial charge in [-0.1, -0.05) is 52.3 Å². The number of rotatable bonds is 6. The zero-order valence-electron chi connectivity index (χ0n) is 14.5. The van der Waals surface area contributed by atoms with Crippen molar-refractivity contribution in [3.8, 4) is 5.75 Å². The first kappa shape index (κ1) is 19.7. The average molecular weight is 438 g/mol. The molecule has 0 aromatic heterocycles. The number of nitrogens with two attached hydrogens (primary N) is 1. The van der Waals surface area contributed by atoms with E-state index >= 15 is 0 Å². The van der Waals surface area contributed by atoms with E-state index in [-0.39, 0.29) is 11.7 Å². The molecule has 0 aliphatic carbocycles. The van der Waals surface area contributed by atoms with Crippen LogP contribution in [-0.4, -0.2) is 19.3 Å². The molecule has 0 bridgehead atoms. The van der Waals surface area contributed by atoms with Crippen molar-refractivity contribution >= 4 is 26.7 Å². The van der Waals surface area contributed by atoms with E-state index in [1.807, 2.05) is 30.3 Å².